The van der Waals surface area contributed by atoms with Crippen LogP contribution in [-0.2, 0) is 4.74 Å². The van der Waals surface area contributed by atoms with Gasteiger partial charge in [-0.15, -0.1) is 0 Å². The van der Waals surface area contributed by atoms with Gasteiger partial charge in [0.2, 0.25) is 0 Å². The third-order valence-electron chi connectivity index (χ3n) is 3.63. The summed E-state index contributed by atoms with van der Waals surface area (Å²) in [6.07, 6.45) is -0.656. The second-order valence-electron chi connectivity index (χ2n) is 5.35. The first kappa shape index (κ1) is 13.5. The molecule has 1 fully saturated rings. The summed E-state index contributed by atoms with van der Waals surface area (Å²) in [7, 11) is 0. The van der Waals surface area contributed by atoms with Crippen LogP contribution in [0.15, 0.2) is 24.3 Å². The summed E-state index contributed by atoms with van der Waals surface area (Å²) >= 11 is 0. The number of aliphatic hydroxyl groups is 1. The van der Waals surface area contributed by atoms with Crippen LogP contribution in [0, 0.1) is 6.92 Å². The zero-order valence-corrected chi connectivity index (χ0v) is 11.5. The summed E-state index contributed by atoms with van der Waals surface area (Å²) in [6, 6.07) is 8.53. The average molecular weight is 249 g/mol. The van der Waals surface area contributed by atoms with E-state index in [9.17, 15) is 5.11 Å². The molecule has 3 heteroatoms. The van der Waals surface area contributed by atoms with E-state index in [1.165, 1.54) is 5.56 Å². The molecule has 0 bridgehead atoms. The molecule has 0 amide bonds. The van der Waals surface area contributed by atoms with Gasteiger partial charge in [0.15, 0.2) is 0 Å². The Morgan fingerprint density at radius 2 is 1.94 bits per heavy atom. The van der Waals surface area contributed by atoms with Gasteiger partial charge in [0, 0.05) is 19.1 Å². The van der Waals surface area contributed by atoms with Crippen LogP contribution < -0.4 is 0 Å². The van der Waals surface area contributed by atoms with Crippen molar-refractivity contribution in [3.8, 4) is 0 Å². The van der Waals surface area contributed by atoms with Gasteiger partial charge in [0.1, 0.15) is 12.2 Å². The van der Waals surface area contributed by atoms with E-state index < -0.39 is 6.10 Å². The summed E-state index contributed by atoms with van der Waals surface area (Å²) in [4.78, 5) is 2.35. The predicted molar refractivity (Wildman–Crippen MR) is 72.6 cm³/mol. The highest BCUT2D eigenvalue weighted by molar-refractivity contribution is 5.24. The van der Waals surface area contributed by atoms with E-state index in [1.54, 1.807) is 0 Å². The number of ether oxygens (including phenoxy) is 1. The molecule has 0 radical (unpaired) electrons. The van der Waals surface area contributed by atoms with Gasteiger partial charge < -0.3 is 9.84 Å². The van der Waals surface area contributed by atoms with Gasteiger partial charge in [-0.05, 0) is 26.3 Å². The molecule has 1 aliphatic rings. The van der Waals surface area contributed by atoms with Crippen molar-refractivity contribution in [2.75, 3.05) is 19.7 Å². The number of hydrogen-bond acceptors (Lipinski definition) is 3. The smallest absolute Gasteiger partial charge is 0.106 e. The fourth-order valence-corrected chi connectivity index (χ4v) is 2.33. The molecule has 1 aliphatic heterocycles. The van der Waals surface area contributed by atoms with Gasteiger partial charge in [0.25, 0.3) is 0 Å². The van der Waals surface area contributed by atoms with E-state index in [1.807, 2.05) is 31.2 Å². The van der Waals surface area contributed by atoms with Gasteiger partial charge in [-0.3, -0.25) is 4.90 Å². The van der Waals surface area contributed by atoms with Crippen LogP contribution >= 0.6 is 0 Å². The lowest BCUT2D eigenvalue weighted by Crippen LogP contribution is -2.47. The molecule has 0 aromatic heterocycles. The summed E-state index contributed by atoms with van der Waals surface area (Å²) < 4.78 is 5.71. The van der Waals surface area contributed by atoms with E-state index >= 15 is 0 Å². The fraction of sp³-hybridized carbons (Fsp3) is 0.600. The van der Waals surface area contributed by atoms with Crippen molar-refractivity contribution in [2.24, 2.45) is 0 Å². The molecule has 1 N–H and O–H groups in total. The number of aliphatic hydroxyl groups excluding tert-OH is 1. The molecule has 0 spiro atoms. The van der Waals surface area contributed by atoms with Gasteiger partial charge in [-0.2, -0.15) is 0 Å². The highest BCUT2D eigenvalue weighted by atomic mass is 16.5. The fourth-order valence-electron chi connectivity index (χ4n) is 2.33. The second-order valence-corrected chi connectivity index (χ2v) is 5.35. The number of hydrogen-bond donors (Lipinski definition) is 1. The summed E-state index contributed by atoms with van der Waals surface area (Å²) in [5, 5.41) is 10.4. The maximum absolute atomic E-state index is 10.4. The molecule has 2 atom stereocenters. The van der Waals surface area contributed by atoms with E-state index in [-0.39, 0.29) is 6.10 Å². The third-order valence-corrected chi connectivity index (χ3v) is 3.63. The molecule has 3 nitrogen and oxygen atoms in total. The van der Waals surface area contributed by atoms with Crippen molar-refractivity contribution >= 4 is 0 Å². The van der Waals surface area contributed by atoms with Crippen LogP contribution in [0.25, 0.3) is 0 Å². The van der Waals surface area contributed by atoms with Crippen LogP contribution in [0.3, 0.4) is 0 Å². The number of benzene rings is 1. The molecular weight excluding hydrogens is 226 g/mol. The zero-order valence-electron chi connectivity index (χ0n) is 11.5. The minimum absolute atomic E-state index is 0.121. The van der Waals surface area contributed by atoms with Crippen LogP contribution in [0.1, 0.15) is 31.1 Å². The molecule has 18 heavy (non-hydrogen) atoms. The van der Waals surface area contributed by atoms with Crippen LogP contribution in [0.5, 0.6) is 0 Å². The highest BCUT2D eigenvalue weighted by Crippen LogP contribution is 2.23. The molecule has 100 valence electrons. The average Bonchev–Trinajstić information content (AvgIpc) is 2.39. The Labute approximate surface area is 109 Å². The third kappa shape index (κ3) is 3.10. The number of aryl methyl sites for hydroxylation is 1. The standard InChI is InChI=1S/C15H23NO2/c1-11(2)16-8-9-18-14(10-16)15(17)13-6-4-12(3)5-7-13/h4-7,11,14-15,17H,8-10H2,1-3H3. The highest BCUT2D eigenvalue weighted by Gasteiger charge is 2.28. The largest absolute Gasteiger partial charge is 0.386 e. The van der Waals surface area contributed by atoms with E-state index in [2.05, 4.69) is 18.7 Å². The van der Waals surface area contributed by atoms with E-state index in [4.69, 9.17) is 4.74 Å². The summed E-state index contributed by atoms with van der Waals surface area (Å²) in [5.41, 5.74) is 2.15. The SMILES string of the molecule is Cc1ccc(C(O)C2CN(C(C)C)CCO2)cc1. The van der Waals surface area contributed by atoms with Crippen LogP contribution in [0.2, 0.25) is 0 Å². The van der Waals surface area contributed by atoms with Crippen LogP contribution in [0.4, 0.5) is 0 Å². The normalized spacial score (nSPS) is 23.3. The maximum atomic E-state index is 10.4. The molecule has 0 saturated carbocycles. The molecule has 1 aromatic carbocycles. The molecule has 1 heterocycles. The Balaban J connectivity index is 2.04. The lowest BCUT2D eigenvalue weighted by molar-refractivity contribution is -0.0961. The Morgan fingerprint density at radius 1 is 1.28 bits per heavy atom. The molecule has 2 unspecified atom stereocenters. The lowest BCUT2D eigenvalue weighted by atomic mass is 10.0. The van der Waals surface area contributed by atoms with Gasteiger partial charge in [0.05, 0.1) is 6.61 Å². The monoisotopic (exact) mass is 249 g/mol. The molecule has 2 rings (SSSR count). The topological polar surface area (TPSA) is 32.7 Å². The van der Waals surface area contributed by atoms with E-state index in [0.29, 0.717) is 12.6 Å². The minimum Gasteiger partial charge on any atom is -0.386 e. The second kappa shape index (κ2) is 5.83. The Bertz CT molecular complexity index is 375. The molecule has 0 aliphatic carbocycles. The van der Waals surface area contributed by atoms with E-state index in [0.717, 1.165) is 18.7 Å². The quantitative estimate of drug-likeness (QED) is 0.891. The first-order valence-electron chi connectivity index (χ1n) is 6.68. The number of rotatable bonds is 3. The van der Waals surface area contributed by atoms with Crippen molar-refractivity contribution in [2.45, 2.75) is 39.0 Å². The van der Waals surface area contributed by atoms with Crippen molar-refractivity contribution in [1.82, 2.24) is 4.90 Å². The van der Waals surface area contributed by atoms with Crippen molar-refractivity contribution in [1.29, 1.82) is 0 Å². The van der Waals surface area contributed by atoms with Crippen molar-refractivity contribution in [3.63, 3.8) is 0 Å². The van der Waals surface area contributed by atoms with Crippen LogP contribution in [-0.4, -0.2) is 41.8 Å². The van der Waals surface area contributed by atoms with Gasteiger partial charge >= 0.3 is 0 Å². The Morgan fingerprint density at radius 3 is 2.56 bits per heavy atom. The summed E-state index contributed by atoms with van der Waals surface area (Å²) in [5.74, 6) is 0. The first-order valence-corrected chi connectivity index (χ1v) is 6.68. The zero-order chi connectivity index (χ0) is 13.1. The van der Waals surface area contributed by atoms with Crippen molar-refractivity contribution < 1.29 is 9.84 Å². The predicted octanol–water partition coefficient (Wildman–Crippen LogP) is 2.14. The summed E-state index contributed by atoms with van der Waals surface area (Å²) in [6.45, 7) is 8.86. The Kier molecular flexibility index (Phi) is 4.38. The first-order chi connectivity index (χ1) is 8.58. The molecule has 1 saturated heterocycles. The van der Waals surface area contributed by atoms with Gasteiger partial charge in [-0.25, -0.2) is 0 Å². The molecule has 1 aromatic rings. The number of morpholine rings is 1. The minimum atomic E-state index is -0.535. The van der Waals surface area contributed by atoms with Gasteiger partial charge in [-0.1, -0.05) is 29.8 Å². The maximum Gasteiger partial charge on any atom is 0.106 e. The Hall–Kier alpha value is -0.900. The van der Waals surface area contributed by atoms with Crippen molar-refractivity contribution in [3.05, 3.63) is 35.4 Å². The number of nitrogens with zero attached hydrogens (tertiary/aromatic N) is 1. The lowest BCUT2D eigenvalue weighted by Gasteiger charge is -2.37. The molecular formula is C15H23NO2.